The van der Waals surface area contributed by atoms with E-state index in [0.29, 0.717) is 24.4 Å². The molecular formula is C9H11N3O4. The summed E-state index contributed by atoms with van der Waals surface area (Å²) in [5.41, 5.74) is 0.542. The average molecular weight is 225 g/mol. The van der Waals surface area contributed by atoms with Crippen molar-refractivity contribution < 1.29 is 14.8 Å². The number of hydrogen-bond acceptors (Lipinski definition) is 4. The Kier molecular flexibility index (Phi) is 2.37. The Morgan fingerprint density at radius 1 is 1.69 bits per heavy atom. The van der Waals surface area contributed by atoms with Gasteiger partial charge in [0.1, 0.15) is 5.69 Å². The van der Waals surface area contributed by atoms with Gasteiger partial charge in [-0.15, -0.1) is 0 Å². The number of imidazole rings is 1. The number of nitrogens with zero attached hydrogens (tertiary/aromatic N) is 3. The van der Waals surface area contributed by atoms with Crippen molar-refractivity contribution >= 4 is 11.8 Å². The maximum atomic E-state index is 10.8. The molecule has 1 aliphatic rings. The molecule has 1 unspecified atom stereocenters. The van der Waals surface area contributed by atoms with Gasteiger partial charge in [0.2, 0.25) is 5.82 Å². The number of hydrogen-bond donors (Lipinski definition) is 1. The Labute approximate surface area is 90.9 Å². The molecule has 7 heteroatoms. The second-order valence-corrected chi connectivity index (χ2v) is 3.87. The zero-order valence-electron chi connectivity index (χ0n) is 8.71. The fraction of sp³-hybridized carbons (Fsp3) is 0.556. The predicted molar refractivity (Wildman–Crippen MR) is 53.1 cm³/mol. The van der Waals surface area contributed by atoms with E-state index in [4.69, 9.17) is 5.11 Å². The normalized spacial score (nSPS) is 19.2. The van der Waals surface area contributed by atoms with Crippen molar-refractivity contribution in [2.75, 3.05) is 0 Å². The van der Waals surface area contributed by atoms with E-state index in [0.717, 1.165) is 0 Å². The SMILES string of the molecule is Cc1nc([N+](=O)[O-])c2n1CC(C(=O)O)CC2. The minimum Gasteiger partial charge on any atom is -0.481 e. The quantitative estimate of drug-likeness (QED) is 0.591. The summed E-state index contributed by atoms with van der Waals surface area (Å²) in [4.78, 5) is 24.9. The number of carboxylic acid groups (broad SMARTS) is 1. The highest BCUT2D eigenvalue weighted by Crippen LogP contribution is 2.28. The van der Waals surface area contributed by atoms with Gasteiger partial charge in [-0.1, -0.05) is 0 Å². The number of aliphatic carboxylic acids is 1. The molecule has 1 N–H and O–H groups in total. The van der Waals surface area contributed by atoms with Crippen molar-refractivity contribution in [3.63, 3.8) is 0 Å². The van der Waals surface area contributed by atoms with Crippen LogP contribution in [-0.2, 0) is 17.8 Å². The molecule has 7 nitrogen and oxygen atoms in total. The lowest BCUT2D eigenvalue weighted by molar-refractivity contribution is -0.390. The van der Waals surface area contributed by atoms with Gasteiger partial charge in [-0.3, -0.25) is 4.79 Å². The van der Waals surface area contributed by atoms with Gasteiger partial charge in [-0.25, -0.2) is 0 Å². The topological polar surface area (TPSA) is 98.3 Å². The van der Waals surface area contributed by atoms with Gasteiger partial charge >= 0.3 is 11.8 Å². The molecule has 0 fully saturated rings. The van der Waals surface area contributed by atoms with Gasteiger partial charge in [0.05, 0.1) is 5.92 Å². The molecule has 1 aliphatic heterocycles. The number of rotatable bonds is 2. The van der Waals surface area contributed by atoms with Crippen molar-refractivity contribution in [1.29, 1.82) is 0 Å². The van der Waals surface area contributed by atoms with E-state index in [2.05, 4.69) is 4.98 Å². The molecule has 0 amide bonds. The summed E-state index contributed by atoms with van der Waals surface area (Å²) in [6, 6.07) is 0. The first-order valence-electron chi connectivity index (χ1n) is 4.94. The van der Waals surface area contributed by atoms with Crippen LogP contribution < -0.4 is 0 Å². The summed E-state index contributed by atoms with van der Waals surface area (Å²) >= 11 is 0. The molecule has 0 bridgehead atoms. The zero-order chi connectivity index (χ0) is 11.9. The molecule has 0 aromatic carbocycles. The van der Waals surface area contributed by atoms with Crippen LogP contribution in [0.25, 0.3) is 0 Å². The van der Waals surface area contributed by atoms with Crippen molar-refractivity contribution in [1.82, 2.24) is 9.55 Å². The van der Waals surface area contributed by atoms with E-state index >= 15 is 0 Å². The lowest BCUT2D eigenvalue weighted by Gasteiger charge is -2.20. The Morgan fingerprint density at radius 2 is 2.38 bits per heavy atom. The third-order valence-electron chi connectivity index (χ3n) is 2.90. The van der Waals surface area contributed by atoms with E-state index in [-0.39, 0.29) is 12.4 Å². The fourth-order valence-corrected chi connectivity index (χ4v) is 2.05. The van der Waals surface area contributed by atoms with Gasteiger partial charge in [0.15, 0.2) is 0 Å². The van der Waals surface area contributed by atoms with Crippen LogP contribution in [0.4, 0.5) is 5.82 Å². The molecule has 1 aromatic rings. The van der Waals surface area contributed by atoms with Gasteiger partial charge < -0.3 is 19.8 Å². The molecule has 0 saturated carbocycles. The standard InChI is InChI=1S/C9H11N3O4/c1-5-10-8(12(15)16)7-3-2-6(9(13)14)4-11(5)7/h6H,2-4H2,1H3,(H,13,14). The molecule has 86 valence electrons. The monoisotopic (exact) mass is 225 g/mol. The Balaban J connectivity index is 2.40. The Hall–Kier alpha value is -1.92. The maximum Gasteiger partial charge on any atom is 0.385 e. The number of carbonyl (C=O) groups is 1. The van der Waals surface area contributed by atoms with E-state index < -0.39 is 16.8 Å². The van der Waals surface area contributed by atoms with Crippen LogP contribution in [-0.4, -0.2) is 25.6 Å². The molecule has 1 aromatic heterocycles. The fourth-order valence-electron chi connectivity index (χ4n) is 2.05. The van der Waals surface area contributed by atoms with Crippen molar-refractivity contribution in [2.45, 2.75) is 26.3 Å². The van der Waals surface area contributed by atoms with Crippen LogP contribution in [0, 0.1) is 23.0 Å². The molecule has 1 atom stereocenters. The first-order chi connectivity index (χ1) is 7.50. The van der Waals surface area contributed by atoms with Crippen molar-refractivity contribution in [2.24, 2.45) is 5.92 Å². The van der Waals surface area contributed by atoms with Gasteiger partial charge in [0, 0.05) is 13.5 Å². The second kappa shape index (κ2) is 3.58. The van der Waals surface area contributed by atoms with E-state index in [1.807, 2.05) is 0 Å². The zero-order valence-corrected chi connectivity index (χ0v) is 8.71. The van der Waals surface area contributed by atoms with Gasteiger partial charge in [0.25, 0.3) is 0 Å². The highest BCUT2D eigenvalue weighted by molar-refractivity contribution is 5.70. The second-order valence-electron chi connectivity index (χ2n) is 3.87. The highest BCUT2D eigenvalue weighted by Gasteiger charge is 2.33. The summed E-state index contributed by atoms with van der Waals surface area (Å²) in [6.45, 7) is 1.93. The van der Waals surface area contributed by atoms with Crippen molar-refractivity contribution in [3.05, 3.63) is 21.6 Å². The lowest BCUT2D eigenvalue weighted by Crippen LogP contribution is -2.27. The van der Waals surface area contributed by atoms with Crippen LogP contribution in [0.15, 0.2) is 0 Å². The first-order valence-corrected chi connectivity index (χ1v) is 4.94. The molecule has 16 heavy (non-hydrogen) atoms. The van der Waals surface area contributed by atoms with E-state index in [1.165, 1.54) is 0 Å². The Morgan fingerprint density at radius 3 is 2.94 bits per heavy atom. The lowest BCUT2D eigenvalue weighted by atomic mass is 9.98. The smallest absolute Gasteiger partial charge is 0.385 e. The van der Waals surface area contributed by atoms with Gasteiger partial charge in [-0.2, -0.15) is 0 Å². The van der Waals surface area contributed by atoms with Crippen LogP contribution in [0.2, 0.25) is 0 Å². The summed E-state index contributed by atoms with van der Waals surface area (Å²) in [5.74, 6) is -0.963. The molecule has 0 saturated heterocycles. The Bertz CT molecular complexity index is 466. The van der Waals surface area contributed by atoms with Gasteiger partial charge in [-0.05, 0) is 22.7 Å². The largest absolute Gasteiger partial charge is 0.481 e. The molecule has 0 spiro atoms. The van der Waals surface area contributed by atoms with Crippen LogP contribution in [0.5, 0.6) is 0 Å². The summed E-state index contributed by atoms with van der Waals surface area (Å²) in [6.07, 6.45) is 0.829. The van der Waals surface area contributed by atoms with Crippen molar-refractivity contribution in [3.8, 4) is 0 Å². The maximum absolute atomic E-state index is 10.8. The summed E-state index contributed by atoms with van der Waals surface area (Å²) < 4.78 is 1.64. The van der Waals surface area contributed by atoms with Crippen LogP contribution >= 0.6 is 0 Å². The van der Waals surface area contributed by atoms with Crippen LogP contribution in [0.3, 0.4) is 0 Å². The third-order valence-corrected chi connectivity index (χ3v) is 2.90. The van der Waals surface area contributed by atoms with E-state index in [1.54, 1.807) is 11.5 Å². The molecule has 2 heterocycles. The number of fused-ring (bicyclic) bond motifs is 1. The van der Waals surface area contributed by atoms with E-state index in [9.17, 15) is 14.9 Å². The highest BCUT2D eigenvalue weighted by atomic mass is 16.6. The minimum atomic E-state index is -0.860. The predicted octanol–water partition coefficient (Wildman–Crippen LogP) is 0.747. The molecule has 0 aliphatic carbocycles. The minimum absolute atomic E-state index is 0.138. The number of carboxylic acids is 1. The average Bonchev–Trinajstić information content (AvgIpc) is 2.56. The molecule has 0 radical (unpaired) electrons. The number of aryl methyl sites for hydroxylation is 1. The first kappa shape index (κ1) is 10.6. The van der Waals surface area contributed by atoms with Crippen LogP contribution in [0.1, 0.15) is 17.9 Å². The third kappa shape index (κ3) is 1.54. The summed E-state index contributed by atoms with van der Waals surface area (Å²) in [7, 11) is 0. The molecule has 2 rings (SSSR count). The number of nitro groups is 1. The summed E-state index contributed by atoms with van der Waals surface area (Å²) in [5, 5.41) is 19.6. The molecular weight excluding hydrogens is 214 g/mol. The number of aromatic nitrogens is 2.